The summed E-state index contributed by atoms with van der Waals surface area (Å²) in [4.78, 5) is 25.6. The quantitative estimate of drug-likeness (QED) is 0.414. The summed E-state index contributed by atoms with van der Waals surface area (Å²) in [5.41, 5.74) is 2.15. The van der Waals surface area contributed by atoms with Gasteiger partial charge in [0.2, 0.25) is 5.91 Å². The van der Waals surface area contributed by atoms with Crippen LogP contribution in [0.25, 0.3) is 0 Å². The number of ketones is 1. The predicted octanol–water partition coefficient (Wildman–Crippen LogP) is 6.60. The normalized spacial score (nSPS) is 38.8. The lowest BCUT2D eigenvalue weighted by Crippen LogP contribution is -2.58. The topological polar surface area (TPSA) is 72.2 Å². The number of amides is 1. The first-order chi connectivity index (χ1) is 17.6. The van der Waals surface area contributed by atoms with Crippen molar-refractivity contribution in [3.8, 4) is 0 Å². The molecular formula is C28H32F6N2O2. The molecule has 3 N–H and O–H groups in total. The van der Waals surface area contributed by atoms with Gasteiger partial charge in [0.05, 0.1) is 22.9 Å². The second kappa shape index (κ2) is 8.83. The summed E-state index contributed by atoms with van der Waals surface area (Å²) in [7, 11) is 0. The molecule has 0 heterocycles. The largest absolute Gasteiger partial charge is 0.418 e. The second-order valence-corrected chi connectivity index (χ2v) is 12.1. The molecule has 4 nitrogen and oxygen atoms in total. The van der Waals surface area contributed by atoms with Gasteiger partial charge < -0.3 is 11.1 Å². The van der Waals surface area contributed by atoms with E-state index in [9.17, 15) is 35.9 Å². The number of nitrogens with two attached hydrogens (primary N) is 1. The van der Waals surface area contributed by atoms with Gasteiger partial charge in [-0.3, -0.25) is 9.59 Å². The monoisotopic (exact) mass is 542 g/mol. The highest BCUT2D eigenvalue weighted by atomic mass is 19.4. The van der Waals surface area contributed by atoms with Gasteiger partial charge in [-0.15, -0.1) is 0 Å². The van der Waals surface area contributed by atoms with E-state index in [4.69, 9.17) is 5.73 Å². The molecule has 3 saturated carbocycles. The number of fused-ring (bicyclic) bond motifs is 5. The Morgan fingerprint density at radius 2 is 1.63 bits per heavy atom. The molecule has 0 aromatic heterocycles. The van der Waals surface area contributed by atoms with Crippen LogP contribution < -0.4 is 11.1 Å². The van der Waals surface area contributed by atoms with E-state index >= 15 is 0 Å². The van der Waals surface area contributed by atoms with Crippen molar-refractivity contribution in [3.05, 3.63) is 41.5 Å². The highest BCUT2D eigenvalue weighted by Crippen LogP contribution is 2.66. The Morgan fingerprint density at radius 1 is 0.947 bits per heavy atom. The van der Waals surface area contributed by atoms with E-state index in [1.807, 2.05) is 13.0 Å². The first kappa shape index (κ1) is 27.2. The summed E-state index contributed by atoms with van der Waals surface area (Å²) >= 11 is 0. The van der Waals surface area contributed by atoms with Crippen molar-refractivity contribution in [2.45, 2.75) is 70.8 Å². The van der Waals surface area contributed by atoms with Crippen LogP contribution in [0, 0.1) is 40.4 Å². The molecule has 0 aliphatic heterocycles. The maximum absolute atomic E-state index is 13.6. The van der Waals surface area contributed by atoms with E-state index in [-0.39, 0.29) is 34.9 Å². The van der Waals surface area contributed by atoms with Gasteiger partial charge in [-0.1, -0.05) is 19.9 Å². The van der Waals surface area contributed by atoms with Gasteiger partial charge in [0.15, 0.2) is 5.78 Å². The number of benzene rings is 1. The molecule has 208 valence electrons. The standard InChI is InChI=1S/C28H32F6N2O2/c1-25-12-10-22(37)23(35)19(25)6-4-15-16-7-8-20(26(16,2)11-9-17(15)25)24(38)36-21-13-14(27(29,30)31)3-5-18(21)28(32,33)34/h3,5,10,12-13,15-17,19-20,23H,4,6-9,11,35H2,1-2H3,(H,36,38)/t15-,16-,17-,19-,20+,23?,25+,26-/m0/s1. The maximum atomic E-state index is 13.6. The van der Waals surface area contributed by atoms with E-state index in [1.165, 1.54) is 0 Å². The molecule has 5 rings (SSSR count). The van der Waals surface area contributed by atoms with Crippen molar-refractivity contribution < 1.29 is 35.9 Å². The molecule has 3 fully saturated rings. The Balaban J connectivity index is 1.40. The molecular weight excluding hydrogens is 510 g/mol. The first-order valence-electron chi connectivity index (χ1n) is 13.2. The Kier molecular flexibility index (Phi) is 6.32. The number of alkyl halides is 6. The van der Waals surface area contributed by atoms with E-state index in [0.29, 0.717) is 31.0 Å². The van der Waals surface area contributed by atoms with Crippen LogP contribution >= 0.6 is 0 Å². The Morgan fingerprint density at radius 3 is 2.29 bits per heavy atom. The molecule has 8 atom stereocenters. The molecule has 0 spiro atoms. The molecule has 1 unspecified atom stereocenters. The van der Waals surface area contributed by atoms with Crippen molar-refractivity contribution in [2.75, 3.05) is 5.32 Å². The minimum absolute atomic E-state index is 0.0489. The average Bonchev–Trinajstić information content (AvgIpc) is 3.18. The predicted molar refractivity (Wildman–Crippen MR) is 129 cm³/mol. The van der Waals surface area contributed by atoms with Crippen LogP contribution in [0.5, 0.6) is 0 Å². The van der Waals surface area contributed by atoms with E-state index in [1.54, 1.807) is 6.08 Å². The number of hydrogen-bond acceptors (Lipinski definition) is 3. The zero-order valence-electron chi connectivity index (χ0n) is 21.3. The molecule has 38 heavy (non-hydrogen) atoms. The molecule has 1 aromatic rings. The summed E-state index contributed by atoms with van der Waals surface area (Å²) in [6, 6.07) is 0.586. The zero-order valence-corrected chi connectivity index (χ0v) is 21.3. The summed E-state index contributed by atoms with van der Waals surface area (Å²) in [5, 5.41) is 2.24. The smallest absolute Gasteiger partial charge is 0.325 e. The van der Waals surface area contributed by atoms with Crippen molar-refractivity contribution in [2.24, 2.45) is 46.2 Å². The van der Waals surface area contributed by atoms with Crippen LogP contribution in [0.3, 0.4) is 0 Å². The minimum atomic E-state index is -4.92. The van der Waals surface area contributed by atoms with Gasteiger partial charge in [-0.05, 0) is 97.3 Å². The molecule has 10 heteroatoms. The van der Waals surface area contributed by atoms with Crippen molar-refractivity contribution >= 4 is 17.4 Å². The Hall–Kier alpha value is -2.36. The number of carbonyl (C=O) groups excluding carboxylic acids is 2. The second-order valence-electron chi connectivity index (χ2n) is 12.1. The lowest BCUT2D eigenvalue weighted by Gasteiger charge is -2.59. The Labute approximate surface area is 217 Å². The third-order valence-corrected chi connectivity index (χ3v) is 10.4. The van der Waals surface area contributed by atoms with Crippen LogP contribution in [-0.4, -0.2) is 17.7 Å². The fourth-order valence-corrected chi connectivity index (χ4v) is 8.53. The molecule has 1 aromatic carbocycles. The summed E-state index contributed by atoms with van der Waals surface area (Å²) < 4.78 is 80.5. The van der Waals surface area contributed by atoms with Crippen molar-refractivity contribution in [1.82, 2.24) is 0 Å². The lowest BCUT2D eigenvalue weighted by molar-refractivity contribution is -0.141. The maximum Gasteiger partial charge on any atom is 0.418 e. The number of carbonyl (C=O) groups is 2. The third-order valence-electron chi connectivity index (χ3n) is 10.4. The molecule has 1 amide bonds. The van der Waals surface area contributed by atoms with Crippen LogP contribution in [0.15, 0.2) is 30.4 Å². The van der Waals surface area contributed by atoms with Gasteiger partial charge in [0.1, 0.15) is 0 Å². The van der Waals surface area contributed by atoms with Crippen LogP contribution in [0.1, 0.15) is 63.5 Å². The first-order valence-corrected chi connectivity index (χ1v) is 13.2. The summed E-state index contributed by atoms with van der Waals surface area (Å²) in [5.74, 6) is -0.580. The minimum Gasteiger partial charge on any atom is -0.325 e. The average molecular weight is 543 g/mol. The molecule has 0 radical (unpaired) electrons. The van der Waals surface area contributed by atoms with Crippen molar-refractivity contribution in [3.63, 3.8) is 0 Å². The van der Waals surface area contributed by atoms with Gasteiger partial charge in [0.25, 0.3) is 0 Å². The highest BCUT2D eigenvalue weighted by Gasteiger charge is 2.61. The number of anilines is 1. The van der Waals surface area contributed by atoms with Gasteiger partial charge in [-0.25, -0.2) is 0 Å². The molecule has 4 aliphatic rings. The number of allylic oxidation sites excluding steroid dienone is 1. The highest BCUT2D eigenvalue weighted by molar-refractivity contribution is 5.96. The van der Waals surface area contributed by atoms with Crippen molar-refractivity contribution in [1.29, 1.82) is 0 Å². The Bertz CT molecular complexity index is 1180. The number of nitrogens with one attached hydrogen (secondary N) is 1. The van der Waals surface area contributed by atoms with Gasteiger partial charge >= 0.3 is 12.4 Å². The van der Waals surface area contributed by atoms with E-state index in [2.05, 4.69) is 12.2 Å². The number of hydrogen-bond donors (Lipinski definition) is 2. The van der Waals surface area contributed by atoms with E-state index < -0.39 is 52.4 Å². The van der Waals surface area contributed by atoms with Gasteiger partial charge in [0, 0.05) is 5.92 Å². The van der Waals surface area contributed by atoms with Gasteiger partial charge in [-0.2, -0.15) is 26.3 Å². The summed E-state index contributed by atoms with van der Waals surface area (Å²) in [6.45, 7) is 4.16. The fraction of sp³-hybridized carbons (Fsp3) is 0.643. The molecule has 0 bridgehead atoms. The van der Waals surface area contributed by atoms with Crippen LogP contribution in [-0.2, 0) is 21.9 Å². The van der Waals surface area contributed by atoms with Crippen LogP contribution in [0.2, 0.25) is 0 Å². The van der Waals surface area contributed by atoms with E-state index in [0.717, 1.165) is 25.7 Å². The zero-order chi connectivity index (χ0) is 27.8. The fourth-order valence-electron chi connectivity index (χ4n) is 8.53. The number of halogens is 6. The summed E-state index contributed by atoms with van der Waals surface area (Å²) in [6.07, 6.45) is -1.87. The molecule has 4 aliphatic carbocycles. The number of rotatable bonds is 2. The molecule has 0 saturated heterocycles. The SMILES string of the molecule is C[C@]12C=CC(=O)C(N)[C@@H]1CC[C@@H]1[C@@H]2CC[C@]2(C)[C@@H](C(=O)Nc3cc(C(F)(F)F)ccc3C(F)(F)F)CC[C@@H]12. The lowest BCUT2D eigenvalue weighted by atomic mass is 9.45. The van der Waals surface area contributed by atoms with Crippen LogP contribution in [0.4, 0.5) is 32.0 Å². The third kappa shape index (κ3) is 4.18.